The topological polar surface area (TPSA) is 78.4 Å². The molecule has 108 valence electrons. The molecule has 0 saturated heterocycles. The molecule has 1 amide bonds. The van der Waals surface area contributed by atoms with Crippen LogP contribution in [-0.4, -0.2) is 22.1 Å². The minimum absolute atomic E-state index is 0.0223. The van der Waals surface area contributed by atoms with Crippen LogP contribution in [0, 0.1) is 5.41 Å². The van der Waals surface area contributed by atoms with E-state index < -0.39 is 11.4 Å². The van der Waals surface area contributed by atoms with Crippen LogP contribution in [-0.2, 0) is 16.0 Å². The van der Waals surface area contributed by atoms with Gasteiger partial charge in [-0.25, -0.2) is 0 Å². The number of aliphatic carboxylic acids is 1. The summed E-state index contributed by atoms with van der Waals surface area (Å²) >= 11 is 5.05. The normalized spacial score (nSPS) is 10.8. The lowest BCUT2D eigenvalue weighted by Gasteiger charge is -2.18. The lowest BCUT2D eigenvalue weighted by Crippen LogP contribution is -2.41. The summed E-state index contributed by atoms with van der Waals surface area (Å²) in [5.74, 6) is -1.05. The van der Waals surface area contributed by atoms with Crippen LogP contribution in [0.25, 0.3) is 0 Å². The molecule has 0 atom stereocenters. The summed E-state index contributed by atoms with van der Waals surface area (Å²) in [5, 5.41) is 14.4. The number of carboxylic acid groups (broad SMARTS) is 1. The molecule has 1 aromatic rings. The highest BCUT2D eigenvalue weighted by Gasteiger charge is 2.21. The Bertz CT molecular complexity index is 518. The fraction of sp³-hybridized carbons (Fsp3) is 0.357. The molecule has 0 aliphatic rings. The number of carbonyl (C=O) groups excluding carboxylic acids is 1. The van der Waals surface area contributed by atoms with E-state index in [2.05, 4.69) is 10.6 Å². The van der Waals surface area contributed by atoms with Crippen molar-refractivity contribution in [1.29, 1.82) is 0 Å². The highest BCUT2D eigenvalue weighted by atomic mass is 32.1. The first-order valence-electron chi connectivity index (χ1n) is 6.11. The molecule has 0 bridgehead atoms. The molecule has 1 rings (SSSR count). The van der Waals surface area contributed by atoms with Gasteiger partial charge in [-0.15, -0.1) is 0 Å². The van der Waals surface area contributed by atoms with Crippen LogP contribution in [0.5, 0.6) is 0 Å². The SMILES string of the molecule is CC(C)(C)C(=O)NC(=S)Nc1ccc(CC(=O)O)cc1. The number of thiocarbonyl (C=S) groups is 1. The van der Waals surface area contributed by atoms with E-state index in [1.807, 2.05) is 0 Å². The van der Waals surface area contributed by atoms with Crippen LogP contribution in [0.3, 0.4) is 0 Å². The van der Waals surface area contributed by atoms with Crippen LogP contribution in [0.2, 0.25) is 0 Å². The molecule has 1 aromatic carbocycles. The second-order valence-electron chi connectivity index (χ2n) is 5.43. The van der Waals surface area contributed by atoms with Gasteiger partial charge < -0.3 is 15.7 Å². The average Bonchev–Trinajstić information content (AvgIpc) is 2.29. The maximum atomic E-state index is 11.7. The van der Waals surface area contributed by atoms with Gasteiger partial charge in [0, 0.05) is 11.1 Å². The van der Waals surface area contributed by atoms with Crippen molar-refractivity contribution in [2.24, 2.45) is 5.41 Å². The van der Waals surface area contributed by atoms with E-state index in [0.717, 1.165) is 0 Å². The fourth-order valence-electron chi connectivity index (χ4n) is 1.33. The number of benzene rings is 1. The van der Waals surface area contributed by atoms with Gasteiger partial charge in [0.2, 0.25) is 5.91 Å². The van der Waals surface area contributed by atoms with E-state index in [4.69, 9.17) is 17.3 Å². The number of hydrogen-bond acceptors (Lipinski definition) is 3. The maximum absolute atomic E-state index is 11.7. The number of hydrogen-bond donors (Lipinski definition) is 3. The molecule has 0 aliphatic carbocycles. The average molecular weight is 294 g/mol. The van der Waals surface area contributed by atoms with Crippen LogP contribution in [0.4, 0.5) is 5.69 Å². The van der Waals surface area contributed by atoms with Crippen molar-refractivity contribution >= 4 is 34.9 Å². The van der Waals surface area contributed by atoms with Crippen molar-refractivity contribution < 1.29 is 14.7 Å². The highest BCUT2D eigenvalue weighted by Crippen LogP contribution is 2.13. The van der Waals surface area contributed by atoms with E-state index >= 15 is 0 Å². The van der Waals surface area contributed by atoms with Crippen molar-refractivity contribution in [3.05, 3.63) is 29.8 Å². The van der Waals surface area contributed by atoms with Crippen molar-refractivity contribution in [2.75, 3.05) is 5.32 Å². The Hall–Kier alpha value is -1.95. The quantitative estimate of drug-likeness (QED) is 0.745. The van der Waals surface area contributed by atoms with Crippen LogP contribution in [0.15, 0.2) is 24.3 Å². The molecule has 6 heteroatoms. The molecule has 0 unspecified atom stereocenters. The third-order valence-corrected chi connectivity index (χ3v) is 2.68. The number of anilines is 1. The summed E-state index contributed by atoms with van der Waals surface area (Å²) in [7, 11) is 0. The third-order valence-electron chi connectivity index (χ3n) is 2.48. The summed E-state index contributed by atoms with van der Waals surface area (Å²) in [5.41, 5.74) is 0.878. The van der Waals surface area contributed by atoms with E-state index in [1.165, 1.54) is 0 Å². The first-order valence-corrected chi connectivity index (χ1v) is 6.52. The third kappa shape index (κ3) is 5.36. The zero-order valence-electron chi connectivity index (χ0n) is 11.7. The minimum Gasteiger partial charge on any atom is -0.481 e. The summed E-state index contributed by atoms with van der Waals surface area (Å²) in [4.78, 5) is 22.3. The van der Waals surface area contributed by atoms with Crippen LogP contribution < -0.4 is 10.6 Å². The molecule has 0 fully saturated rings. The Labute approximate surface area is 123 Å². The standard InChI is InChI=1S/C14H18N2O3S/c1-14(2,3)12(19)16-13(20)15-10-6-4-9(5-7-10)8-11(17)18/h4-7H,8H2,1-3H3,(H,17,18)(H2,15,16,19,20). The zero-order chi connectivity index (χ0) is 15.3. The molecular formula is C14H18N2O3S. The van der Waals surface area contributed by atoms with Crippen LogP contribution >= 0.6 is 12.2 Å². The molecule has 0 radical (unpaired) electrons. The van der Waals surface area contributed by atoms with Gasteiger partial charge in [0.15, 0.2) is 5.11 Å². The first-order chi connectivity index (χ1) is 9.18. The minimum atomic E-state index is -0.876. The summed E-state index contributed by atoms with van der Waals surface area (Å²) in [6, 6.07) is 6.83. The Morgan fingerprint density at radius 1 is 1.20 bits per heavy atom. The van der Waals surface area contributed by atoms with Gasteiger partial charge in [0.1, 0.15) is 0 Å². The molecule has 5 nitrogen and oxygen atoms in total. The molecule has 3 N–H and O–H groups in total. The Morgan fingerprint density at radius 3 is 2.20 bits per heavy atom. The molecule has 0 spiro atoms. The van der Waals surface area contributed by atoms with E-state index in [-0.39, 0.29) is 17.4 Å². The Morgan fingerprint density at radius 2 is 1.75 bits per heavy atom. The highest BCUT2D eigenvalue weighted by molar-refractivity contribution is 7.80. The van der Waals surface area contributed by atoms with Gasteiger partial charge in [-0.3, -0.25) is 9.59 Å². The molecule has 0 heterocycles. The van der Waals surface area contributed by atoms with E-state index in [9.17, 15) is 9.59 Å². The predicted octanol–water partition coefficient (Wildman–Crippen LogP) is 2.17. The molecule has 0 aromatic heterocycles. The molecule has 0 aliphatic heterocycles. The van der Waals surface area contributed by atoms with Gasteiger partial charge >= 0.3 is 5.97 Å². The number of amides is 1. The maximum Gasteiger partial charge on any atom is 0.307 e. The summed E-state index contributed by atoms with van der Waals surface area (Å²) in [6.45, 7) is 5.39. The van der Waals surface area contributed by atoms with E-state index in [1.54, 1.807) is 45.0 Å². The largest absolute Gasteiger partial charge is 0.481 e. The smallest absolute Gasteiger partial charge is 0.307 e. The van der Waals surface area contributed by atoms with Crippen LogP contribution in [0.1, 0.15) is 26.3 Å². The van der Waals surface area contributed by atoms with Gasteiger partial charge in [-0.1, -0.05) is 32.9 Å². The number of carbonyl (C=O) groups is 2. The second-order valence-corrected chi connectivity index (χ2v) is 5.83. The van der Waals surface area contributed by atoms with Crippen molar-refractivity contribution in [3.63, 3.8) is 0 Å². The van der Waals surface area contributed by atoms with Gasteiger partial charge in [0.05, 0.1) is 6.42 Å². The predicted molar refractivity (Wildman–Crippen MR) is 81.6 cm³/mol. The molecule has 0 saturated carbocycles. The van der Waals surface area contributed by atoms with Gasteiger partial charge in [-0.2, -0.15) is 0 Å². The zero-order valence-corrected chi connectivity index (χ0v) is 12.5. The fourth-order valence-corrected chi connectivity index (χ4v) is 1.54. The van der Waals surface area contributed by atoms with E-state index in [0.29, 0.717) is 11.3 Å². The Balaban J connectivity index is 2.58. The van der Waals surface area contributed by atoms with Gasteiger partial charge in [0.25, 0.3) is 0 Å². The summed E-state index contributed by atoms with van der Waals surface area (Å²) in [6.07, 6.45) is -0.0223. The first kappa shape index (κ1) is 16.1. The van der Waals surface area contributed by atoms with Crippen molar-refractivity contribution in [2.45, 2.75) is 27.2 Å². The van der Waals surface area contributed by atoms with Crippen molar-refractivity contribution in [3.8, 4) is 0 Å². The summed E-state index contributed by atoms with van der Waals surface area (Å²) < 4.78 is 0. The Kier molecular flexibility index (Phi) is 5.21. The number of carboxylic acids is 1. The second kappa shape index (κ2) is 6.47. The lowest BCUT2D eigenvalue weighted by atomic mass is 9.96. The van der Waals surface area contributed by atoms with Gasteiger partial charge in [-0.05, 0) is 29.9 Å². The lowest BCUT2D eigenvalue weighted by molar-refractivity contribution is -0.136. The number of rotatable bonds is 3. The monoisotopic (exact) mass is 294 g/mol. The molecular weight excluding hydrogens is 276 g/mol. The molecule has 20 heavy (non-hydrogen) atoms. The van der Waals surface area contributed by atoms with Crippen molar-refractivity contribution in [1.82, 2.24) is 5.32 Å². The number of nitrogens with one attached hydrogen (secondary N) is 2.